The van der Waals surface area contributed by atoms with Gasteiger partial charge in [-0.3, -0.25) is 4.79 Å². The molecule has 4 aromatic rings. The van der Waals surface area contributed by atoms with Gasteiger partial charge in [-0.2, -0.15) is 0 Å². The third-order valence-corrected chi connectivity index (χ3v) is 6.02. The molecule has 0 radical (unpaired) electrons. The number of carbonyl (C=O) groups is 1. The number of hydrogen-bond donors (Lipinski definition) is 0. The molecule has 0 unspecified atom stereocenters. The van der Waals surface area contributed by atoms with Crippen molar-refractivity contribution in [3.8, 4) is 22.6 Å². The van der Waals surface area contributed by atoms with Gasteiger partial charge in [0.2, 0.25) is 11.6 Å². The lowest BCUT2D eigenvalue weighted by Crippen LogP contribution is -2.10. The van der Waals surface area contributed by atoms with Gasteiger partial charge in [-0.05, 0) is 41.8 Å². The van der Waals surface area contributed by atoms with Gasteiger partial charge in [-0.1, -0.05) is 54.6 Å². The van der Waals surface area contributed by atoms with E-state index >= 15 is 0 Å². The monoisotopic (exact) mass is 508 g/mol. The van der Waals surface area contributed by atoms with E-state index in [1.54, 1.807) is 13.0 Å². The average molecular weight is 508 g/mol. The van der Waals surface area contributed by atoms with Crippen LogP contribution in [0.25, 0.3) is 17.2 Å². The first-order chi connectivity index (χ1) is 17.8. The molecule has 0 atom stereocenters. The Morgan fingerprint density at radius 2 is 1.35 bits per heavy atom. The number of carbonyl (C=O) groups excluding carboxylic acids is 1. The minimum Gasteiger partial charge on any atom is -0.488 e. The van der Waals surface area contributed by atoms with E-state index in [-0.39, 0.29) is 28.6 Å². The first-order valence-corrected chi connectivity index (χ1v) is 11.1. The fourth-order valence-electron chi connectivity index (χ4n) is 4.01. The predicted octanol–water partition coefficient (Wildman–Crippen LogP) is 7.55. The summed E-state index contributed by atoms with van der Waals surface area (Å²) in [6.07, 6.45) is 1.59. The van der Waals surface area contributed by atoms with Gasteiger partial charge in [-0.15, -0.1) is 0 Å². The number of halogens is 5. The van der Waals surface area contributed by atoms with E-state index in [1.807, 2.05) is 54.6 Å². The van der Waals surface area contributed by atoms with Crippen molar-refractivity contribution in [2.24, 2.45) is 0 Å². The summed E-state index contributed by atoms with van der Waals surface area (Å²) in [6.45, 7) is 0.632. The molecule has 1 aliphatic rings. The van der Waals surface area contributed by atoms with Crippen molar-refractivity contribution < 1.29 is 36.2 Å². The third kappa shape index (κ3) is 4.35. The largest absolute Gasteiger partial charge is 0.488 e. The number of ketones is 1. The fourth-order valence-corrected chi connectivity index (χ4v) is 4.01. The van der Waals surface area contributed by atoms with Gasteiger partial charge in [0.05, 0.1) is 11.1 Å². The maximum Gasteiger partial charge on any atom is 0.231 e. The molecule has 3 nitrogen and oxygen atoms in total. The SMILES string of the molecule is Cc1c(OCc2c(F)c(F)c(F)c(F)c2F)ccc2c1O/C(=C\c1ccc(-c3ccccc3)cc1)C2=O. The molecule has 0 fully saturated rings. The van der Waals surface area contributed by atoms with Crippen LogP contribution >= 0.6 is 0 Å². The lowest BCUT2D eigenvalue weighted by atomic mass is 10.0. The second-order valence-electron chi connectivity index (χ2n) is 8.33. The van der Waals surface area contributed by atoms with Crippen molar-refractivity contribution in [1.29, 1.82) is 0 Å². The topological polar surface area (TPSA) is 35.5 Å². The van der Waals surface area contributed by atoms with Crippen molar-refractivity contribution in [2.75, 3.05) is 0 Å². The summed E-state index contributed by atoms with van der Waals surface area (Å²) >= 11 is 0. The molecule has 0 aromatic heterocycles. The van der Waals surface area contributed by atoms with Crippen LogP contribution in [-0.4, -0.2) is 5.78 Å². The second kappa shape index (κ2) is 9.54. The van der Waals surface area contributed by atoms with E-state index in [4.69, 9.17) is 9.47 Å². The predicted molar refractivity (Wildman–Crippen MR) is 127 cm³/mol. The number of allylic oxidation sites excluding steroid dienone is 1. The highest BCUT2D eigenvalue weighted by Gasteiger charge is 2.31. The van der Waals surface area contributed by atoms with Crippen molar-refractivity contribution in [1.82, 2.24) is 0 Å². The van der Waals surface area contributed by atoms with E-state index < -0.39 is 41.3 Å². The molecular weight excluding hydrogens is 491 g/mol. The lowest BCUT2D eigenvalue weighted by Gasteiger charge is -2.13. The Morgan fingerprint density at radius 1 is 0.757 bits per heavy atom. The van der Waals surface area contributed by atoms with Crippen molar-refractivity contribution >= 4 is 11.9 Å². The van der Waals surface area contributed by atoms with Gasteiger partial charge in [0.25, 0.3) is 0 Å². The van der Waals surface area contributed by atoms with Crippen LogP contribution in [0.3, 0.4) is 0 Å². The molecule has 1 heterocycles. The van der Waals surface area contributed by atoms with Crippen molar-refractivity contribution in [2.45, 2.75) is 13.5 Å². The van der Waals surface area contributed by atoms with Gasteiger partial charge < -0.3 is 9.47 Å². The standard InChI is InChI=1S/C29H17F5O3/c1-15-21(36-14-20-23(30)25(32)27(34)26(33)24(20)31)12-11-19-28(35)22(37-29(15)19)13-16-7-9-18(10-8-16)17-5-3-2-4-6-17/h2-13H,14H2,1H3/b22-13-. The Morgan fingerprint density at radius 3 is 2.00 bits per heavy atom. The molecule has 0 aliphatic carbocycles. The molecule has 0 saturated heterocycles. The second-order valence-corrected chi connectivity index (χ2v) is 8.33. The molecular formula is C29H17F5O3. The first kappa shape index (κ1) is 24.2. The number of fused-ring (bicyclic) bond motifs is 1. The molecule has 186 valence electrons. The van der Waals surface area contributed by atoms with E-state index in [0.717, 1.165) is 16.7 Å². The fraction of sp³-hybridized carbons (Fsp3) is 0.0690. The van der Waals surface area contributed by atoms with Crippen molar-refractivity contribution in [3.63, 3.8) is 0 Å². The molecule has 0 amide bonds. The van der Waals surface area contributed by atoms with Crippen molar-refractivity contribution in [3.05, 3.63) is 124 Å². The zero-order valence-electron chi connectivity index (χ0n) is 19.2. The molecule has 1 aliphatic heterocycles. The van der Waals surface area contributed by atoms with Crippen LogP contribution < -0.4 is 9.47 Å². The van der Waals surface area contributed by atoms with E-state index in [1.165, 1.54) is 12.1 Å². The van der Waals surface area contributed by atoms with Gasteiger partial charge in [0.15, 0.2) is 29.0 Å². The van der Waals surface area contributed by atoms with Gasteiger partial charge in [0.1, 0.15) is 18.1 Å². The van der Waals surface area contributed by atoms with Gasteiger partial charge in [0, 0.05) is 5.56 Å². The summed E-state index contributed by atoms with van der Waals surface area (Å²) in [7, 11) is 0. The zero-order chi connectivity index (χ0) is 26.3. The molecule has 4 aromatic carbocycles. The number of benzene rings is 4. The van der Waals surface area contributed by atoms with Crippen LogP contribution in [-0.2, 0) is 6.61 Å². The molecule has 5 rings (SSSR count). The quantitative estimate of drug-likeness (QED) is 0.121. The summed E-state index contributed by atoms with van der Waals surface area (Å²) in [5.41, 5.74) is 2.28. The highest BCUT2D eigenvalue weighted by molar-refractivity contribution is 6.15. The first-order valence-electron chi connectivity index (χ1n) is 11.1. The highest BCUT2D eigenvalue weighted by Crippen LogP contribution is 2.40. The third-order valence-electron chi connectivity index (χ3n) is 6.02. The Hall–Kier alpha value is -4.46. The number of hydrogen-bond acceptors (Lipinski definition) is 3. The smallest absolute Gasteiger partial charge is 0.231 e. The average Bonchev–Trinajstić information content (AvgIpc) is 3.24. The van der Waals surface area contributed by atoms with E-state index in [2.05, 4.69) is 0 Å². The summed E-state index contributed by atoms with van der Waals surface area (Å²) < 4.78 is 79.3. The Balaban J connectivity index is 1.37. The van der Waals surface area contributed by atoms with Crippen LogP contribution in [0.1, 0.15) is 27.0 Å². The molecule has 37 heavy (non-hydrogen) atoms. The van der Waals surface area contributed by atoms with Gasteiger partial charge in [-0.25, -0.2) is 22.0 Å². The number of Topliss-reactive ketones (excluding diaryl/α,β-unsaturated/α-hetero) is 1. The van der Waals surface area contributed by atoms with Gasteiger partial charge >= 0.3 is 0 Å². The molecule has 0 saturated carbocycles. The normalized spacial score (nSPS) is 13.6. The summed E-state index contributed by atoms with van der Waals surface area (Å²) in [5.74, 6) is -10.3. The Labute approximate surface area is 208 Å². The summed E-state index contributed by atoms with van der Waals surface area (Å²) in [4.78, 5) is 12.9. The van der Waals surface area contributed by atoms with Crippen LogP contribution in [0.4, 0.5) is 22.0 Å². The van der Waals surface area contributed by atoms with E-state index in [0.29, 0.717) is 5.56 Å². The number of rotatable bonds is 5. The molecule has 0 N–H and O–H groups in total. The molecule has 0 spiro atoms. The zero-order valence-corrected chi connectivity index (χ0v) is 19.2. The van der Waals surface area contributed by atoms with Crippen LogP contribution in [0.2, 0.25) is 0 Å². The minimum absolute atomic E-state index is 0.0592. The maximum absolute atomic E-state index is 14.0. The summed E-state index contributed by atoms with van der Waals surface area (Å²) in [5, 5.41) is 0. The number of ether oxygens (including phenoxy) is 2. The van der Waals surface area contributed by atoms with E-state index in [9.17, 15) is 26.7 Å². The van der Waals surface area contributed by atoms with Crippen LogP contribution in [0, 0.1) is 36.0 Å². The summed E-state index contributed by atoms with van der Waals surface area (Å²) in [6, 6.07) is 20.1. The minimum atomic E-state index is -2.24. The van der Waals surface area contributed by atoms with Crippen LogP contribution in [0.15, 0.2) is 72.5 Å². The maximum atomic E-state index is 14.0. The highest BCUT2D eigenvalue weighted by atomic mass is 19.2. The molecule has 8 heteroatoms. The lowest BCUT2D eigenvalue weighted by molar-refractivity contribution is 0.101. The Bertz CT molecular complexity index is 1530. The van der Waals surface area contributed by atoms with Crippen LogP contribution in [0.5, 0.6) is 11.5 Å². The molecule has 0 bridgehead atoms. The Kier molecular flexibility index (Phi) is 6.25.